The summed E-state index contributed by atoms with van der Waals surface area (Å²) >= 11 is 0. The Bertz CT molecular complexity index is 443. The standard InChI is InChI=1S/C13H16O5/c1-7-10(15-3)5-9(6-11(7)16-4)12-8(2)17-13(14)18-12/h5-6,8,12H,1-4H3/t8-,12-/m0/s1. The van der Waals surface area contributed by atoms with Crippen LogP contribution in [0, 0.1) is 6.92 Å². The van der Waals surface area contributed by atoms with Gasteiger partial charge < -0.3 is 18.9 Å². The summed E-state index contributed by atoms with van der Waals surface area (Å²) in [6.45, 7) is 3.69. The highest BCUT2D eigenvalue weighted by molar-refractivity contribution is 5.63. The normalized spacial score (nSPS) is 22.3. The van der Waals surface area contributed by atoms with Crippen molar-refractivity contribution in [2.45, 2.75) is 26.1 Å². The molecule has 2 rings (SSSR count). The van der Waals surface area contributed by atoms with Gasteiger partial charge in [-0.3, -0.25) is 0 Å². The van der Waals surface area contributed by atoms with Gasteiger partial charge in [-0.05, 0) is 26.0 Å². The van der Waals surface area contributed by atoms with E-state index in [1.807, 2.05) is 19.1 Å². The van der Waals surface area contributed by atoms with Crippen LogP contribution in [0.3, 0.4) is 0 Å². The minimum absolute atomic E-state index is 0.324. The van der Waals surface area contributed by atoms with Gasteiger partial charge in [0.05, 0.1) is 14.2 Å². The topological polar surface area (TPSA) is 54.0 Å². The van der Waals surface area contributed by atoms with Gasteiger partial charge in [0.1, 0.15) is 17.6 Å². The fourth-order valence-electron chi connectivity index (χ4n) is 2.05. The SMILES string of the molecule is COc1cc([C@H]2OC(=O)O[C@H]2C)cc(OC)c1C. The van der Waals surface area contributed by atoms with Gasteiger partial charge in [-0.15, -0.1) is 0 Å². The summed E-state index contributed by atoms with van der Waals surface area (Å²) in [5, 5.41) is 0. The Kier molecular flexibility index (Phi) is 3.32. The van der Waals surface area contributed by atoms with Gasteiger partial charge in [-0.2, -0.15) is 0 Å². The van der Waals surface area contributed by atoms with E-state index in [1.54, 1.807) is 21.1 Å². The summed E-state index contributed by atoms with van der Waals surface area (Å²) in [5.41, 5.74) is 1.70. The van der Waals surface area contributed by atoms with Crippen LogP contribution in [-0.4, -0.2) is 26.5 Å². The van der Waals surface area contributed by atoms with Crippen LogP contribution >= 0.6 is 0 Å². The summed E-state index contributed by atoms with van der Waals surface area (Å²) in [4.78, 5) is 11.1. The van der Waals surface area contributed by atoms with Crippen molar-refractivity contribution in [1.82, 2.24) is 0 Å². The molecule has 0 saturated carbocycles. The van der Waals surface area contributed by atoms with Crippen LogP contribution in [0.4, 0.5) is 4.79 Å². The maximum atomic E-state index is 11.1. The van der Waals surface area contributed by atoms with Gasteiger partial charge in [-0.1, -0.05) is 0 Å². The Morgan fingerprint density at radius 2 is 1.67 bits per heavy atom. The summed E-state index contributed by atoms with van der Waals surface area (Å²) in [7, 11) is 3.18. The first-order chi connectivity index (χ1) is 8.56. The first-order valence-electron chi connectivity index (χ1n) is 5.66. The zero-order valence-corrected chi connectivity index (χ0v) is 10.9. The quantitative estimate of drug-likeness (QED) is 0.774. The van der Waals surface area contributed by atoms with E-state index in [4.69, 9.17) is 18.9 Å². The van der Waals surface area contributed by atoms with Crippen molar-refractivity contribution in [3.05, 3.63) is 23.3 Å². The molecule has 98 valence electrons. The van der Waals surface area contributed by atoms with Crippen LogP contribution in [0.5, 0.6) is 11.5 Å². The van der Waals surface area contributed by atoms with E-state index in [2.05, 4.69) is 0 Å². The van der Waals surface area contributed by atoms with Crippen LogP contribution in [-0.2, 0) is 9.47 Å². The Morgan fingerprint density at radius 1 is 1.11 bits per heavy atom. The molecule has 1 aromatic carbocycles. The molecule has 0 amide bonds. The third-order valence-corrected chi connectivity index (χ3v) is 3.03. The zero-order chi connectivity index (χ0) is 13.3. The van der Waals surface area contributed by atoms with Crippen LogP contribution in [0.25, 0.3) is 0 Å². The highest BCUT2D eigenvalue weighted by Gasteiger charge is 2.35. The van der Waals surface area contributed by atoms with E-state index in [1.165, 1.54) is 0 Å². The summed E-state index contributed by atoms with van der Waals surface area (Å²) in [6, 6.07) is 3.67. The average molecular weight is 252 g/mol. The third kappa shape index (κ3) is 2.08. The van der Waals surface area contributed by atoms with Crippen LogP contribution in [0.1, 0.15) is 24.2 Å². The van der Waals surface area contributed by atoms with Gasteiger partial charge in [0.15, 0.2) is 6.10 Å². The molecule has 1 fully saturated rings. The second-order valence-electron chi connectivity index (χ2n) is 4.16. The van der Waals surface area contributed by atoms with Crippen LogP contribution in [0.2, 0.25) is 0 Å². The maximum Gasteiger partial charge on any atom is 0.509 e. The molecule has 0 spiro atoms. The Labute approximate surface area is 106 Å². The molecule has 1 aliphatic rings. The van der Waals surface area contributed by atoms with Gasteiger partial charge in [-0.25, -0.2) is 4.79 Å². The lowest BCUT2D eigenvalue weighted by Gasteiger charge is -2.16. The third-order valence-electron chi connectivity index (χ3n) is 3.03. The second kappa shape index (κ2) is 4.76. The van der Waals surface area contributed by atoms with Crippen LogP contribution < -0.4 is 9.47 Å². The van der Waals surface area contributed by atoms with Gasteiger partial charge in [0.2, 0.25) is 0 Å². The summed E-state index contributed by atoms with van der Waals surface area (Å²) in [6.07, 6.45) is -1.40. The smallest absolute Gasteiger partial charge is 0.496 e. The number of carbonyl (C=O) groups excluding carboxylic acids is 1. The van der Waals surface area contributed by atoms with Crippen molar-refractivity contribution in [2.24, 2.45) is 0 Å². The Hall–Kier alpha value is -1.91. The fourth-order valence-corrected chi connectivity index (χ4v) is 2.05. The molecule has 1 saturated heterocycles. The number of hydrogen-bond donors (Lipinski definition) is 0. The molecule has 0 aromatic heterocycles. The number of rotatable bonds is 3. The highest BCUT2D eigenvalue weighted by atomic mass is 16.8. The van der Waals surface area contributed by atoms with E-state index in [9.17, 15) is 4.79 Å². The lowest BCUT2D eigenvalue weighted by Crippen LogP contribution is -2.11. The molecule has 0 aliphatic carbocycles. The summed E-state index contributed by atoms with van der Waals surface area (Å²) in [5.74, 6) is 1.39. The van der Waals surface area contributed by atoms with E-state index in [0.717, 1.165) is 11.1 Å². The molecule has 0 radical (unpaired) electrons. The van der Waals surface area contributed by atoms with Crippen molar-refractivity contribution in [3.8, 4) is 11.5 Å². The Morgan fingerprint density at radius 3 is 2.06 bits per heavy atom. The van der Waals surface area contributed by atoms with Crippen molar-refractivity contribution < 1.29 is 23.7 Å². The molecule has 1 aromatic rings. The van der Waals surface area contributed by atoms with E-state index in [0.29, 0.717) is 11.5 Å². The highest BCUT2D eigenvalue weighted by Crippen LogP contribution is 2.37. The molecule has 1 heterocycles. The molecular formula is C13H16O5. The van der Waals surface area contributed by atoms with E-state index in [-0.39, 0.29) is 6.10 Å². The van der Waals surface area contributed by atoms with Gasteiger partial charge in [0.25, 0.3) is 0 Å². The predicted octanol–water partition coefficient (Wildman–Crippen LogP) is 2.61. The molecular weight excluding hydrogens is 236 g/mol. The molecule has 2 atom stereocenters. The monoisotopic (exact) mass is 252 g/mol. The number of cyclic esters (lactones) is 2. The number of methoxy groups -OCH3 is 2. The minimum atomic E-state index is -0.647. The predicted molar refractivity (Wildman–Crippen MR) is 64.1 cm³/mol. The lowest BCUT2D eigenvalue weighted by molar-refractivity contribution is 0.117. The lowest BCUT2D eigenvalue weighted by atomic mass is 10.0. The molecule has 18 heavy (non-hydrogen) atoms. The van der Waals surface area contributed by atoms with Crippen LogP contribution in [0.15, 0.2) is 12.1 Å². The van der Waals surface area contributed by atoms with E-state index < -0.39 is 12.3 Å². The van der Waals surface area contributed by atoms with Gasteiger partial charge in [0, 0.05) is 11.1 Å². The van der Waals surface area contributed by atoms with Crippen molar-refractivity contribution in [2.75, 3.05) is 14.2 Å². The number of benzene rings is 1. The minimum Gasteiger partial charge on any atom is -0.496 e. The molecule has 1 aliphatic heterocycles. The van der Waals surface area contributed by atoms with E-state index >= 15 is 0 Å². The second-order valence-corrected chi connectivity index (χ2v) is 4.16. The molecule has 5 heteroatoms. The molecule has 0 N–H and O–H groups in total. The molecule has 0 bridgehead atoms. The average Bonchev–Trinajstić information content (AvgIpc) is 2.69. The number of carbonyl (C=O) groups is 1. The van der Waals surface area contributed by atoms with Crippen molar-refractivity contribution in [1.29, 1.82) is 0 Å². The van der Waals surface area contributed by atoms with Gasteiger partial charge >= 0.3 is 6.16 Å². The maximum absolute atomic E-state index is 11.1. The first kappa shape index (κ1) is 12.5. The van der Waals surface area contributed by atoms with Crippen molar-refractivity contribution in [3.63, 3.8) is 0 Å². The largest absolute Gasteiger partial charge is 0.509 e. The summed E-state index contributed by atoms with van der Waals surface area (Å²) < 4.78 is 20.7. The number of ether oxygens (including phenoxy) is 4. The fraction of sp³-hybridized carbons (Fsp3) is 0.462. The number of hydrogen-bond acceptors (Lipinski definition) is 5. The molecule has 0 unspecified atom stereocenters. The zero-order valence-electron chi connectivity index (χ0n) is 10.9. The Balaban J connectivity index is 2.42. The molecule has 5 nitrogen and oxygen atoms in total. The first-order valence-corrected chi connectivity index (χ1v) is 5.66. The van der Waals surface area contributed by atoms with Crippen molar-refractivity contribution >= 4 is 6.16 Å².